The lowest BCUT2D eigenvalue weighted by atomic mass is 10.1. The number of fused-ring (bicyclic) bond motifs is 1. The van der Waals surface area contributed by atoms with Crippen LogP contribution in [0.5, 0.6) is 0 Å². The number of aryl methyl sites for hydroxylation is 1. The van der Waals surface area contributed by atoms with E-state index >= 15 is 0 Å². The van der Waals surface area contributed by atoms with Gasteiger partial charge in [0.25, 0.3) is 11.6 Å². The van der Waals surface area contributed by atoms with E-state index < -0.39 is 0 Å². The van der Waals surface area contributed by atoms with Gasteiger partial charge in [0, 0.05) is 30.8 Å². The smallest absolute Gasteiger partial charge is 0.257 e. The minimum Gasteiger partial charge on any atom is -0.348 e. The first kappa shape index (κ1) is 15.1. The zero-order valence-corrected chi connectivity index (χ0v) is 13.5. The number of aromatic nitrogens is 4. The van der Waals surface area contributed by atoms with Crippen LogP contribution in [0.3, 0.4) is 0 Å². The van der Waals surface area contributed by atoms with E-state index in [1.165, 1.54) is 6.20 Å². The summed E-state index contributed by atoms with van der Waals surface area (Å²) in [6.45, 7) is 2.25. The molecule has 0 radical (unpaired) electrons. The van der Waals surface area contributed by atoms with E-state index in [0.717, 1.165) is 16.6 Å². The molecule has 4 aromatic rings. The van der Waals surface area contributed by atoms with Gasteiger partial charge in [-0.05, 0) is 30.7 Å². The van der Waals surface area contributed by atoms with Crippen LogP contribution in [0.2, 0.25) is 0 Å². The van der Waals surface area contributed by atoms with Gasteiger partial charge in [-0.15, -0.1) is 0 Å². The molecule has 7 heteroatoms. The fourth-order valence-electron chi connectivity index (χ4n) is 2.55. The number of carbonyl (C=O) groups excluding carboxylic acids is 1. The van der Waals surface area contributed by atoms with Gasteiger partial charge in [-0.2, -0.15) is 0 Å². The Hall–Kier alpha value is -3.48. The highest BCUT2D eigenvalue weighted by atomic mass is 16.5. The number of nitrogens with zero attached hydrogens (tertiary/aromatic N) is 4. The van der Waals surface area contributed by atoms with Crippen LogP contribution in [0.25, 0.3) is 16.8 Å². The quantitative estimate of drug-likeness (QED) is 0.620. The molecule has 0 fully saturated rings. The van der Waals surface area contributed by atoms with Crippen molar-refractivity contribution in [1.82, 2.24) is 25.0 Å². The van der Waals surface area contributed by atoms with E-state index in [2.05, 4.69) is 20.4 Å². The average Bonchev–Trinajstić information content (AvgIpc) is 3.30. The second kappa shape index (κ2) is 6.20. The Balaban J connectivity index is 1.44. The summed E-state index contributed by atoms with van der Waals surface area (Å²) in [5.74, 6) is -0.186. The maximum atomic E-state index is 12.3. The van der Waals surface area contributed by atoms with E-state index in [-0.39, 0.29) is 5.91 Å². The minimum absolute atomic E-state index is 0.186. The summed E-state index contributed by atoms with van der Waals surface area (Å²) in [4.78, 5) is 20.5. The van der Waals surface area contributed by atoms with Crippen LogP contribution in [-0.2, 0) is 6.54 Å². The molecular formula is C18H15N5O2. The van der Waals surface area contributed by atoms with Crippen molar-refractivity contribution < 1.29 is 9.32 Å². The first-order valence-electron chi connectivity index (χ1n) is 7.78. The predicted octanol–water partition coefficient (Wildman–Crippen LogP) is 2.65. The van der Waals surface area contributed by atoms with Crippen LogP contribution in [0.1, 0.15) is 21.6 Å². The number of pyridine rings is 1. The fourth-order valence-corrected chi connectivity index (χ4v) is 2.55. The molecule has 0 aliphatic rings. The Morgan fingerprint density at radius 1 is 1.28 bits per heavy atom. The van der Waals surface area contributed by atoms with Gasteiger partial charge in [-0.25, -0.2) is 9.97 Å². The normalized spacial score (nSPS) is 10.9. The van der Waals surface area contributed by atoms with Gasteiger partial charge in [0.15, 0.2) is 0 Å². The molecule has 0 atom stereocenters. The number of amides is 1. The second-order valence-electron chi connectivity index (χ2n) is 5.66. The van der Waals surface area contributed by atoms with E-state index in [1.54, 1.807) is 18.6 Å². The summed E-state index contributed by atoms with van der Waals surface area (Å²) >= 11 is 0. The standard InChI is InChI=1S/C18H15N5O2/c1-12-16-8-14(10-21-18(16)25-22-12)17(24)20-9-13-2-4-15(5-3-13)23-7-6-19-11-23/h2-8,10-11H,9H2,1H3,(H,20,24). The Morgan fingerprint density at radius 2 is 2.12 bits per heavy atom. The third kappa shape index (κ3) is 2.99. The number of imidazole rings is 1. The van der Waals surface area contributed by atoms with Crippen LogP contribution < -0.4 is 5.32 Å². The molecule has 25 heavy (non-hydrogen) atoms. The number of hydrogen-bond acceptors (Lipinski definition) is 5. The Labute approximate surface area is 143 Å². The molecule has 0 spiro atoms. The molecule has 7 nitrogen and oxygen atoms in total. The number of rotatable bonds is 4. The zero-order valence-electron chi connectivity index (χ0n) is 13.5. The zero-order chi connectivity index (χ0) is 17.2. The largest absolute Gasteiger partial charge is 0.348 e. The summed E-state index contributed by atoms with van der Waals surface area (Å²) in [5.41, 5.74) is 3.66. The van der Waals surface area contributed by atoms with Crippen molar-refractivity contribution in [2.75, 3.05) is 0 Å². The Kier molecular flexibility index (Phi) is 3.74. The van der Waals surface area contributed by atoms with Gasteiger partial charge in [0.2, 0.25) is 0 Å². The average molecular weight is 333 g/mol. The number of carbonyl (C=O) groups is 1. The minimum atomic E-state index is -0.186. The molecule has 0 aliphatic carbocycles. The lowest BCUT2D eigenvalue weighted by molar-refractivity contribution is 0.0950. The maximum Gasteiger partial charge on any atom is 0.257 e. The van der Waals surface area contributed by atoms with Crippen LogP contribution >= 0.6 is 0 Å². The van der Waals surface area contributed by atoms with Crippen molar-refractivity contribution in [1.29, 1.82) is 0 Å². The molecule has 124 valence electrons. The van der Waals surface area contributed by atoms with Crippen molar-refractivity contribution in [3.05, 3.63) is 72.1 Å². The van der Waals surface area contributed by atoms with Crippen molar-refractivity contribution in [2.45, 2.75) is 13.5 Å². The molecule has 3 heterocycles. The molecule has 4 rings (SSSR count). The van der Waals surface area contributed by atoms with Crippen LogP contribution in [0.4, 0.5) is 0 Å². The molecule has 1 N–H and O–H groups in total. The molecule has 0 saturated heterocycles. The Bertz CT molecular complexity index is 1020. The highest BCUT2D eigenvalue weighted by Gasteiger charge is 2.11. The van der Waals surface area contributed by atoms with Gasteiger partial charge in [-0.1, -0.05) is 17.3 Å². The lowest BCUT2D eigenvalue weighted by Gasteiger charge is -2.07. The van der Waals surface area contributed by atoms with Crippen molar-refractivity contribution >= 4 is 17.0 Å². The molecule has 1 aromatic carbocycles. The highest BCUT2D eigenvalue weighted by molar-refractivity contribution is 5.96. The summed E-state index contributed by atoms with van der Waals surface area (Å²) in [6, 6.07) is 9.66. The van der Waals surface area contributed by atoms with E-state index in [1.807, 2.05) is 42.0 Å². The molecular weight excluding hydrogens is 318 g/mol. The maximum absolute atomic E-state index is 12.3. The number of hydrogen-bond donors (Lipinski definition) is 1. The Morgan fingerprint density at radius 3 is 2.88 bits per heavy atom. The van der Waals surface area contributed by atoms with Gasteiger partial charge >= 0.3 is 0 Å². The molecule has 0 saturated carbocycles. The van der Waals surface area contributed by atoms with Gasteiger partial charge in [0.05, 0.1) is 23.0 Å². The molecule has 0 aliphatic heterocycles. The van der Waals surface area contributed by atoms with Crippen molar-refractivity contribution in [3.63, 3.8) is 0 Å². The van der Waals surface area contributed by atoms with Crippen molar-refractivity contribution in [3.8, 4) is 5.69 Å². The van der Waals surface area contributed by atoms with Gasteiger partial charge in [-0.3, -0.25) is 4.79 Å². The summed E-state index contributed by atoms with van der Waals surface area (Å²) < 4.78 is 6.98. The van der Waals surface area contributed by atoms with Crippen LogP contribution in [0, 0.1) is 6.92 Å². The lowest BCUT2D eigenvalue weighted by Crippen LogP contribution is -2.22. The number of nitrogens with one attached hydrogen (secondary N) is 1. The molecule has 0 bridgehead atoms. The first-order valence-corrected chi connectivity index (χ1v) is 7.78. The van der Waals surface area contributed by atoms with E-state index in [0.29, 0.717) is 23.5 Å². The molecule has 1 amide bonds. The summed E-state index contributed by atoms with van der Waals surface area (Å²) in [5, 5.41) is 7.49. The fraction of sp³-hybridized carbons (Fsp3) is 0.111. The summed E-state index contributed by atoms with van der Waals surface area (Å²) in [7, 11) is 0. The molecule has 3 aromatic heterocycles. The van der Waals surface area contributed by atoms with Crippen LogP contribution in [0.15, 0.2) is 59.8 Å². The third-order valence-electron chi connectivity index (χ3n) is 3.96. The van der Waals surface area contributed by atoms with Gasteiger partial charge in [0.1, 0.15) is 0 Å². The third-order valence-corrected chi connectivity index (χ3v) is 3.96. The summed E-state index contributed by atoms with van der Waals surface area (Å²) in [6.07, 6.45) is 6.85. The van der Waals surface area contributed by atoms with E-state index in [4.69, 9.17) is 4.52 Å². The van der Waals surface area contributed by atoms with Crippen molar-refractivity contribution in [2.24, 2.45) is 0 Å². The predicted molar refractivity (Wildman–Crippen MR) is 91.3 cm³/mol. The van der Waals surface area contributed by atoms with Crippen LogP contribution in [-0.4, -0.2) is 25.6 Å². The number of benzene rings is 1. The highest BCUT2D eigenvalue weighted by Crippen LogP contribution is 2.17. The SMILES string of the molecule is Cc1noc2ncc(C(=O)NCc3ccc(-n4ccnc4)cc3)cc12. The molecule has 0 unspecified atom stereocenters. The first-order chi connectivity index (χ1) is 12.2. The second-order valence-corrected chi connectivity index (χ2v) is 5.66. The monoisotopic (exact) mass is 333 g/mol. The topological polar surface area (TPSA) is 85.8 Å². The van der Waals surface area contributed by atoms with Gasteiger partial charge < -0.3 is 14.4 Å². The van der Waals surface area contributed by atoms with E-state index in [9.17, 15) is 4.79 Å².